The number of imidazole rings is 1. The number of aromatic nitrogens is 5. The van der Waals surface area contributed by atoms with Crippen LogP contribution < -0.4 is 0 Å². The van der Waals surface area contributed by atoms with E-state index in [1.165, 1.54) is 0 Å². The fraction of sp³-hybridized carbons (Fsp3) is 0.167. The Morgan fingerprint density at radius 3 is 2.58 bits per heavy atom. The molecule has 1 radical (unpaired) electrons. The monoisotopic (exact) mass is 495 g/mol. The Balaban J connectivity index is 0.00000169. The van der Waals surface area contributed by atoms with E-state index in [0.717, 1.165) is 39.2 Å². The Bertz CT molecular complexity index is 995. The molecule has 6 heteroatoms. The second-order valence-electron chi connectivity index (χ2n) is 5.71. The minimum Gasteiger partial charge on any atom is -0.373 e. The van der Waals surface area contributed by atoms with E-state index in [9.17, 15) is 0 Å². The van der Waals surface area contributed by atoms with Crippen LogP contribution in [0.4, 0.5) is 0 Å². The van der Waals surface area contributed by atoms with Crippen molar-refractivity contribution in [3.8, 4) is 17.1 Å². The molecule has 5 nitrogen and oxygen atoms in total. The molecule has 2 aromatic carbocycles. The van der Waals surface area contributed by atoms with Crippen molar-refractivity contribution in [1.82, 2.24) is 24.3 Å². The zero-order valence-corrected chi connectivity index (χ0v) is 16.0. The molecule has 0 fully saturated rings. The maximum Gasteiger partial charge on any atom is 0.127 e. The van der Waals surface area contributed by atoms with Crippen LogP contribution >= 0.6 is 0 Å². The Kier molecular flexibility index (Phi) is 4.35. The number of hydrogen-bond donors (Lipinski definition) is 0. The van der Waals surface area contributed by atoms with Gasteiger partial charge in [-0.3, -0.25) is 14.6 Å². The Morgan fingerprint density at radius 1 is 1.08 bits per heavy atom. The summed E-state index contributed by atoms with van der Waals surface area (Å²) in [5.74, 6) is 0.773. The van der Waals surface area contributed by atoms with E-state index in [0.29, 0.717) is 0 Å². The normalized spacial score (nSPS) is 10.8. The molecule has 0 N–H and O–H groups in total. The third-order valence-electron chi connectivity index (χ3n) is 4.10. The number of para-hydroxylation sites is 1. The molecule has 0 aliphatic carbocycles. The minimum absolute atomic E-state index is 0. The molecule has 24 heavy (non-hydrogen) atoms. The van der Waals surface area contributed by atoms with Gasteiger partial charge in [0.2, 0.25) is 0 Å². The molecule has 0 amide bonds. The molecular formula is C18H16IrN5-. The summed E-state index contributed by atoms with van der Waals surface area (Å²) in [5.41, 5.74) is 6.25. The summed E-state index contributed by atoms with van der Waals surface area (Å²) in [6, 6.07) is 13.5. The third-order valence-corrected chi connectivity index (χ3v) is 4.10. The first-order valence-corrected chi connectivity index (χ1v) is 7.45. The van der Waals surface area contributed by atoms with Crippen molar-refractivity contribution >= 4 is 11.0 Å². The van der Waals surface area contributed by atoms with Crippen LogP contribution in [0.5, 0.6) is 0 Å². The molecule has 2 aromatic heterocycles. The van der Waals surface area contributed by atoms with Crippen molar-refractivity contribution in [3.05, 3.63) is 60.2 Å². The smallest absolute Gasteiger partial charge is 0.127 e. The Labute approximate surface area is 153 Å². The minimum atomic E-state index is 0. The van der Waals surface area contributed by atoms with Crippen LogP contribution in [0.15, 0.2) is 43.0 Å². The molecule has 0 aliphatic heterocycles. The third kappa shape index (κ3) is 2.58. The summed E-state index contributed by atoms with van der Waals surface area (Å²) < 4.78 is 3.86. The van der Waals surface area contributed by atoms with E-state index < -0.39 is 0 Å². The summed E-state index contributed by atoms with van der Waals surface area (Å²) in [6.07, 6.45) is 3.39. The van der Waals surface area contributed by atoms with Gasteiger partial charge < -0.3 is 4.57 Å². The Morgan fingerprint density at radius 2 is 1.83 bits per heavy atom. The van der Waals surface area contributed by atoms with Gasteiger partial charge in [-0.05, 0) is 30.5 Å². The van der Waals surface area contributed by atoms with Crippen molar-refractivity contribution < 1.29 is 20.1 Å². The van der Waals surface area contributed by atoms with Gasteiger partial charge >= 0.3 is 0 Å². The second kappa shape index (κ2) is 6.30. The molecule has 0 aliphatic rings. The van der Waals surface area contributed by atoms with Crippen LogP contribution in [0.1, 0.15) is 11.1 Å². The number of hydrogen-bond acceptors (Lipinski definition) is 3. The zero-order chi connectivity index (χ0) is 16.0. The number of benzene rings is 2. The molecule has 0 unspecified atom stereocenters. The van der Waals surface area contributed by atoms with Crippen molar-refractivity contribution in [1.29, 1.82) is 0 Å². The van der Waals surface area contributed by atoms with Gasteiger partial charge in [0.25, 0.3) is 0 Å². The quantitative estimate of drug-likeness (QED) is 0.402. The predicted molar refractivity (Wildman–Crippen MR) is 89.4 cm³/mol. The maximum absolute atomic E-state index is 4.44. The molecule has 4 aromatic rings. The van der Waals surface area contributed by atoms with E-state index in [1.54, 1.807) is 12.7 Å². The average molecular weight is 495 g/mol. The summed E-state index contributed by atoms with van der Waals surface area (Å²) in [5, 5.41) is 4.43. The first-order chi connectivity index (χ1) is 11.1. The van der Waals surface area contributed by atoms with Crippen molar-refractivity contribution in [2.45, 2.75) is 13.8 Å². The zero-order valence-electron chi connectivity index (χ0n) is 13.6. The van der Waals surface area contributed by atoms with Gasteiger partial charge in [-0.25, -0.2) is 0 Å². The maximum atomic E-state index is 4.44. The second-order valence-corrected chi connectivity index (χ2v) is 5.71. The standard InChI is InChI=1S/C18H16N5.Ir/c1-12-5-4-6-13(2)17(12)23-18(19-10-21-23)14-7-8-16-15(9-14)20-11-22(16)3;/h4-6,8-11H,1-3H3;/q-1;. The van der Waals surface area contributed by atoms with E-state index in [-0.39, 0.29) is 20.1 Å². The molecule has 0 atom stereocenters. The predicted octanol–water partition coefficient (Wildman–Crippen LogP) is 3.24. The molecular weight excluding hydrogens is 478 g/mol. The van der Waals surface area contributed by atoms with Crippen molar-refractivity contribution in [2.75, 3.05) is 0 Å². The van der Waals surface area contributed by atoms with Gasteiger partial charge in [-0.2, -0.15) is 5.10 Å². The fourth-order valence-corrected chi connectivity index (χ4v) is 2.93. The van der Waals surface area contributed by atoms with E-state index >= 15 is 0 Å². The molecule has 2 heterocycles. The molecule has 0 saturated carbocycles. The van der Waals surface area contributed by atoms with Crippen molar-refractivity contribution in [2.24, 2.45) is 7.05 Å². The molecule has 123 valence electrons. The Hall–Kier alpha value is -2.30. The van der Waals surface area contributed by atoms with Gasteiger partial charge in [0.1, 0.15) is 6.33 Å². The van der Waals surface area contributed by atoms with Crippen LogP contribution in [0.25, 0.3) is 28.1 Å². The van der Waals surface area contributed by atoms with Gasteiger partial charge in [-0.15, -0.1) is 23.8 Å². The first-order valence-electron chi connectivity index (χ1n) is 7.45. The van der Waals surface area contributed by atoms with Gasteiger partial charge in [0.05, 0.1) is 17.8 Å². The van der Waals surface area contributed by atoms with Crippen LogP contribution in [-0.2, 0) is 27.2 Å². The summed E-state index contributed by atoms with van der Waals surface area (Å²) in [4.78, 5) is 8.86. The topological polar surface area (TPSA) is 48.5 Å². The molecule has 0 spiro atoms. The molecule has 0 saturated heterocycles. The van der Waals surface area contributed by atoms with Crippen LogP contribution in [0.3, 0.4) is 0 Å². The fourth-order valence-electron chi connectivity index (χ4n) is 2.93. The number of aryl methyl sites for hydroxylation is 3. The summed E-state index contributed by atoms with van der Waals surface area (Å²) >= 11 is 0. The average Bonchev–Trinajstić information content (AvgIpc) is 3.14. The van der Waals surface area contributed by atoms with E-state index in [2.05, 4.69) is 53.2 Å². The van der Waals surface area contributed by atoms with Crippen LogP contribution in [0.2, 0.25) is 0 Å². The van der Waals surface area contributed by atoms with Gasteiger partial charge in [0, 0.05) is 32.7 Å². The van der Waals surface area contributed by atoms with Crippen LogP contribution in [-0.4, -0.2) is 24.3 Å². The van der Waals surface area contributed by atoms with Crippen molar-refractivity contribution in [3.63, 3.8) is 0 Å². The number of rotatable bonds is 2. The largest absolute Gasteiger partial charge is 0.373 e. The first kappa shape index (κ1) is 16.6. The van der Waals surface area contributed by atoms with E-state index in [4.69, 9.17) is 0 Å². The van der Waals surface area contributed by atoms with E-state index in [1.807, 2.05) is 28.4 Å². The van der Waals surface area contributed by atoms with Gasteiger partial charge in [0.15, 0.2) is 0 Å². The van der Waals surface area contributed by atoms with Gasteiger partial charge in [-0.1, -0.05) is 18.2 Å². The molecule has 0 bridgehead atoms. The SMILES string of the molecule is Cc1cccc(C)c1-n1ncnc1-c1[c-]cc2c(c1)ncn2C.[Ir]. The number of fused-ring (bicyclic) bond motifs is 1. The summed E-state index contributed by atoms with van der Waals surface area (Å²) in [7, 11) is 1.97. The molecule has 4 rings (SSSR count). The van der Waals surface area contributed by atoms with Crippen LogP contribution in [0, 0.1) is 19.9 Å². The number of nitrogens with zero attached hydrogens (tertiary/aromatic N) is 5. The summed E-state index contributed by atoms with van der Waals surface area (Å²) in [6.45, 7) is 4.17.